The van der Waals surface area contributed by atoms with Crippen molar-refractivity contribution in [2.24, 2.45) is 0 Å². The fraction of sp³-hybridized carbons (Fsp3) is 0.500. The lowest BCUT2D eigenvalue weighted by atomic mass is 10.1. The summed E-state index contributed by atoms with van der Waals surface area (Å²) < 4.78 is 35.7. The van der Waals surface area contributed by atoms with Gasteiger partial charge in [0.25, 0.3) is 0 Å². The van der Waals surface area contributed by atoms with Gasteiger partial charge in [-0.3, -0.25) is 0 Å². The predicted molar refractivity (Wildman–Crippen MR) is 71.2 cm³/mol. The van der Waals surface area contributed by atoms with E-state index >= 15 is 0 Å². The molecule has 0 rings (SSSR count). The zero-order valence-electron chi connectivity index (χ0n) is 6.62. The smallest absolute Gasteiger partial charge is 0.413 e. The first kappa shape index (κ1) is 15.2. The normalized spacial score (nSPS) is 15.1. The minimum Gasteiger partial charge on any atom is -0.478 e. The van der Waals surface area contributed by atoms with Gasteiger partial charge in [0.15, 0.2) is -0.565 Å². The highest BCUT2D eigenvalue weighted by molar-refractivity contribution is 14.3. The third-order valence-electron chi connectivity index (χ3n) is 1.30. The van der Waals surface area contributed by atoms with Gasteiger partial charge in [0.1, 0.15) is 0 Å². The molecule has 0 bridgehead atoms. The van der Waals surface area contributed by atoms with E-state index < -0.39 is 22.7 Å². The maximum atomic E-state index is 12.3. The molecule has 0 aliphatic rings. The van der Waals surface area contributed by atoms with Gasteiger partial charge < -0.3 is 5.11 Å². The Morgan fingerprint density at radius 1 is 1.21 bits per heavy atom. The van der Waals surface area contributed by atoms with Crippen LogP contribution in [0.15, 0.2) is 11.1 Å². The van der Waals surface area contributed by atoms with E-state index in [9.17, 15) is 18.0 Å². The van der Waals surface area contributed by atoms with Crippen LogP contribution >= 0.6 is 67.8 Å². The fourth-order valence-corrected chi connectivity index (χ4v) is 2.54. The lowest BCUT2D eigenvalue weighted by Crippen LogP contribution is -2.23. The Kier molecular flexibility index (Phi) is 5.44. The van der Waals surface area contributed by atoms with Crippen LogP contribution in [0.25, 0.3) is 0 Å². The number of carboxylic acid groups (broad SMARTS) is 1. The Labute approximate surface area is 119 Å². The van der Waals surface area contributed by atoms with Gasteiger partial charge in [-0.05, 0) is 74.7 Å². The molecule has 0 saturated heterocycles. The van der Waals surface area contributed by atoms with Crippen LogP contribution in [0.5, 0.6) is 0 Å². The summed E-state index contributed by atoms with van der Waals surface area (Å²) in [7, 11) is 0. The average molecular weight is 546 g/mol. The molecule has 2 nitrogen and oxygen atoms in total. The quantitative estimate of drug-likeness (QED) is 0.325. The van der Waals surface area contributed by atoms with Gasteiger partial charge in [0, 0.05) is 5.57 Å². The van der Waals surface area contributed by atoms with Crippen LogP contribution in [0.4, 0.5) is 13.2 Å². The van der Waals surface area contributed by atoms with Crippen LogP contribution in [0.1, 0.15) is 6.92 Å². The number of hydrogen-bond donors (Lipinski definition) is 1. The standard InChI is InChI=1S/C6H4F3I3O2/c1-2(5(7,8)9)3(4(13)14)6(10,11)12/h1H3,(H,13,14)/b3-2+. The summed E-state index contributed by atoms with van der Waals surface area (Å²) in [6, 6.07) is 0. The molecule has 0 fully saturated rings. The number of carboxylic acids is 1. The van der Waals surface area contributed by atoms with Crippen LogP contribution < -0.4 is 0 Å². The van der Waals surface area contributed by atoms with Gasteiger partial charge in [0.2, 0.25) is 0 Å². The van der Waals surface area contributed by atoms with Gasteiger partial charge >= 0.3 is 12.1 Å². The largest absolute Gasteiger partial charge is 0.478 e. The number of allylic oxidation sites excluding steroid dienone is 1. The van der Waals surface area contributed by atoms with Crippen LogP contribution in [0, 0.1) is 0 Å². The molecule has 0 amide bonds. The van der Waals surface area contributed by atoms with E-state index in [2.05, 4.69) is 0 Å². The van der Waals surface area contributed by atoms with Crippen molar-refractivity contribution in [3.8, 4) is 0 Å². The molecular formula is C6H4F3I3O2. The third kappa shape index (κ3) is 4.37. The topological polar surface area (TPSA) is 37.3 Å². The van der Waals surface area contributed by atoms with Crippen molar-refractivity contribution in [3.63, 3.8) is 0 Å². The van der Waals surface area contributed by atoms with Crippen LogP contribution in [0.2, 0.25) is 0 Å². The molecule has 0 aromatic carbocycles. The predicted octanol–water partition coefficient (Wildman–Crippen LogP) is 3.91. The second kappa shape index (κ2) is 5.01. The van der Waals surface area contributed by atoms with Gasteiger partial charge in [-0.15, -0.1) is 0 Å². The number of halogens is 6. The molecule has 0 unspecified atom stereocenters. The van der Waals surface area contributed by atoms with Crippen LogP contribution in [-0.2, 0) is 4.79 Å². The Bertz CT molecular complexity index is 277. The van der Waals surface area contributed by atoms with Gasteiger partial charge in [-0.25, -0.2) is 4.79 Å². The van der Waals surface area contributed by atoms with Gasteiger partial charge in [-0.1, -0.05) is 0 Å². The number of hydrogen-bond acceptors (Lipinski definition) is 1. The van der Waals surface area contributed by atoms with Crippen molar-refractivity contribution < 1.29 is 23.1 Å². The van der Waals surface area contributed by atoms with E-state index in [1.54, 1.807) is 67.8 Å². The lowest BCUT2D eigenvalue weighted by molar-refractivity contribution is -0.134. The van der Waals surface area contributed by atoms with Crippen LogP contribution in [-0.4, -0.2) is 16.7 Å². The number of rotatable bonds is 2. The molecular weight excluding hydrogens is 542 g/mol. The van der Waals surface area contributed by atoms with Crippen LogP contribution in [0.3, 0.4) is 0 Å². The highest BCUT2D eigenvalue weighted by Gasteiger charge is 2.41. The zero-order valence-corrected chi connectivity index (χ0v) is 13.1. The Balaban J connectivity index is 5.53. The van der Waals surface area contributed by atoms with Crippen molar-refractivity contribution in [1.29, 1.82) is 0 Å². The lowest BCUT2D eigenvalue weighted by Gasteiger charge is -2.18. The second-order valence-corrected chi connectivity index (χ2v) is 13.3. The maximum absolute atomic E-state index is 12.3. The number of alkyl halides is 6. The highest BCUT2D eigenvalue weighted by Crippen LogP contribution is 2.46. The Hall–Kier alpha value is 1.19. The Morgan fingerprint density at radius 3 is 1.64 bits per heavy atom. The minimum atomic E-state index is -4.60. The molecule has 0 atom stereocenters. The molecule has 0 spiro atoms. The van der Waals surface area contributed by atoms with E-state index in [0.717, 1.165) is 6.92 Å². The van der Waals surface area contributed by atoms with Crippen molar-refractivity contribution in [2.45, 2.75) is 12.5 Å². The number of aliphatic carboxylic acids is 1. The summed E-state index contributed by atoms with van der Waals surface area (Å²) in [5, 5.41) is 8.67. The molecule has 0 aromatic rings. The van der Waals surface area contributed by atoms with Crippen molar-refractivity contribution >= 4 is 73.7 Å². The third-order valence-corrected chi connectivity index (χ3v) is 2.92. The second-order valence-electron chi connectivity index (χ2n) is 2.30. The first-order chi connectivity index (χ1) is 5.98. The molecule has 1 N–H and O–H groups in total. The van der Waals surface area contributed by atoms with E-state index in [1.165, 1.54) is 0 Å². The minimum absolute atomic E-state index is 0.633. The van der Waals surface area contributed by atoms with Gasteiger partial charge in [-0.2, -0.15) is 13.2 Å². The molecule has 14 heavy (non-hydrogen) atoms. The molecule has 82 valence electrons. The summed E-state index contributed by atoms with van der Waals surface area (Å²) in [6.07, 6.45) is -4.60. The highest BCUT2D eigenvalue weighted by atomic mass is 127. The molecule has 0 aliphatic heterocycles. The molecule has 0 aliphatic carbocycles. The average Bonchev–Trinajstić information content (AvgIpc) is 1.79. The van der Waals surface area contributed by atoms with E-state index in [4.69, 9.17) is 5.11 Å². The van der Waals surface area contributed by atoms with E-state index in [1.807, 2.05) is 0 Å². The number of carbonyl (C=O) groups is 1. The van der Waals surface area contributed by atoms with Gasteiger partial charge in [0.05, 0.1) is 5.57 Å². The zero-order chi connectivity index (χ0) is 11.7. The molecule has 0 radical (unpaired) electrons. The summed E-state index contributed by atoms with van der Waals surface area (Å²) in [5.41, 5.74) is -1.70. The summed E-state index contributed by atoms with van der Waals surface area (Å²) in [6.45, 7) is 0.772. The first-order valence-electron chi connectivity index (χ1n) is 3.06. The summed E-state index contributed by atoms with van der Waals surface area (Å²) in [5.74, 6) is -1.54. The first-order valence-corrected chi connectivity index (χ1v) is 6.30. The Morgan fingerprint density at radius 2 is 1.57 bits per heavy atom. The monoisotopic (exact) mass is 546 g/mol. The molecule has 0 saturated carbocycles. The SMILES string of the molecule is C/C(=C(/C(=O)O)C(I)(I)I)C(F)(F)F. The fourth-order valence-electron chi connectivity index (χ4n) is 0.636. The molecule has 8 heteroatoms. The molecule has 0 heterocycles. The van der Waals surface area contributed by atoms with Crippen molar-refractivity contribution in [3.05, 3.63) is 11.1 Å². The van der Waals surface area contributed by atoms with Crippen molar-refractivity contribution in [2.75, 3.05) is 0 Å². The molecule has 0 aromatic heterocycles. The van der Waals surface area contributed by atoms with E-state index in [0.29, 0.717) is 0 Å². The summed E-state index contributed by atoms with van der Waals surface area (Å²) >= 11 is 4.93. The summed E-state index contributed by atoms with van der Waals surface area (Å²) in [4.78, 5) is 10.7. The van der Waals surface area contributed by atoms with Crippen molar-refractivity contribution in [1.82, 2.24) is 0 Å². The maximum Gasteiger partial charge on any atom is 0.413 e. The van der Waals surface area contributed by atoms with E-state index in [-0.39, 0.29) is 0 Å².